The summed E-state index contributed by atoms with van der Waals surface area (Å²) in [6, 6.07) is 4.78. The van der Waals surface area contributed by atoms with Crippen LogP contribution in [0.1, 0.15) is 66.8 Å². The van der Waals surface area contributed by atoms with E-state index in [-0.39, 0.29) is 5.41 Å². The molecule has 1 atom stereocenters. The maximum atomic E-state index is 12.5. The molecule has 35 heavy (non-hydrogen) atoms. The highest BCUT2D eigenvalue weighted by Gasteiger charge is 2.40. The molecule has 0 saturated carbocycles. The number of nitrogens with zero attached hydrogens (tertiary/aromatic N) is 2. The number of aromatic nitrogens is 1. The number of likely N-dealkylation sites (tertiary alicyclic amines) is 1. The Bertz CT molecular complexity index is 1120. The number of carbonyl (C=O) groups is 1. The zero-order chi connectivity index (χ0) is 25.2. The Labute approximate surface area is 209 Å². The molecule has 4 nitrogen and oxygen atoms in total. The van der Waals surface area contributed by atoms with E-state index in [0.29, 0.717) is 18.2 Å². The predicted octanol–water partition coefficient (Wildman–Crippen LogP) is 5.46. The van der Waals surface area contributed by atoms with Gasteiger partial charge in [0, 0.05) is 37.3 Å². The van der Waals surface area contributed by atoms with Crippen LogP contribution in [0.25, 0.3) is 0 Å². The van der Waals surface area contributed by atoms with Crippen molar-refractivity contribution in [3.8, 4) is 12.3 Å². The smallest absolute Gasteiger partial charge is 0.227 e. The van der Waals surface area contributed by atoms with Crippen LogP contribution in [-0.4, -0.2) is 48.1 Å². The van der Waals surface area contributed by atoms with Crippen LogP contribution in [0.15, 0.2) is 37.2 Å². The molecule has 4 heterocycles. The molecule has 1 fully saturated rings. The summed E-state index contributed by atoms with van der Waals surface area (Å²) in [6.45, 7) is 14.2. The minimum Gasteiger partial charge on any atom is -0.367 e. The Kier molecular flexibility index (Phi) is 7.52. The minimum atomic E-state index is -1.27. The van der Waals surface area contributed by atoms with Gasteiger partial charge in [0.05, 0.1) is 5.69 Å². The van der Waals surface area contributed by atoms with E-state index >= 15 is 0 Å². The molecular weight excluding hydrogens is 437 g/mol. The Morgan fingerprint density at radius 1 is 1.29 bits per heavy atom. The third-order valence-electron chi connectivity index (χ3n) is 7.85. The lowest BCUT2D eigenvalue weighted by atomic mass is 9.76. The first kappa shape index (κ1) is 25.3. The van der Waals surface area contributed by atoms with Crippen LogP contribution >= 0.6 is 0 Å². The molecule has 5 rings (SSSR count). The number of rotatable bonds is 5. The number of piperidine rings is 1. The molecular formula is C30H38FN3O. The van der Waals surface area contributed by atoms with Crippen molar-refractivity contribution in [3.63, 3.8) is 0 Å². The minimum absolute atomic E-state index is 0.0508. The van der Waals surface area contributed by atoms with Gasteiger partial charge in [-0.2, -0.15) is 0 Å². The van der Waals surface area contributed by atoms with Crippen LogP contribution in [0.2, 0.25) is 0 Å². The number of aryl methyl sites for hydroxylation is 1. The number of H-pyrrole nitrogens is 1. The molecule has 0 radical (unpaired) electrons. The number of aromatic amines is 1. The van der Waals surface area contributed by atoms with E-state index in [0.717, 1.165) is 32.0 Å². The predicted molar refractivity (Wildman–Crippen MR) is 142 cm³/mol. The summed E-state index contributed by atoms with van der Waals surface area (Å²) in [4.78, 5) is 20.4. The van der Waals surface area contributed by atoms with Gasteiger partial charge < -0.3 is 14.8 Å². The van der Waals surface area contributed by atoms with Gasteiger partial charge in [0.25, 0.3) is 0 Å². The zero-order valence-electron chi connectivity index (χ0n) is 21.4. The van der Waals surface area contributed by atoms with Crippen LogP contribution in [0.3, 0.4) is 0 Å². The SMILES string of the molecule is C#CC(F)C=C.Cc1c[nH]cc1C1CCN(CCc2cc3c4c(c2)C(C)(C)CC(=O)N4CC3)CC1. The summed E-state index contributed by atoms with van der Waals surface area (Å²) in [6.07, 6.45) is 14.0. The summed E-state index contributed by atoms with van der Waals surface area (Å²) in [7, 11) is 0. The Hall–Kier alpha value is -2.84. The number of nitrogens with one attached hydrogen (secondary N) is 1. The number of carbonyl (C=O) groups excluding carboxylic acids is 1. The fraction of sp³-hybridized carbons (Fsp3) is 0.500. The molecule has 186 valence electrons. The summed E-state index contributed by atoms with van der Waals surface area (Å²) in [5, 5.41) is 0. The Morgan fingerprint density at radius 3 is 2.63 bits per heavy atom. The summed E-state index contributed by atoms with van der Waals surface area (Å²) in [5.41, 5.74) is 8.34. The fourth-order valence-corrected chi connectivity index (χ4v) is 5.81. The van der Waals surface area contributed by atoms with Gasteiger partial charge in [-0.15, -0.1) is 6.42 Å². The van der Waals surface area contributed by atoms with Gasteiger partial charge in [0.2, 0.25) is 5.91 Å². The second kappa shape index (κ2) is 10.4. The number of anilines is 1. The monoisotopic (exact) mass is 475 g/mol. The average molecular weight is 476 g/mol. The molecule has 0 spiro atoms. The van der Waals surface area contributed by atoms with Gasteiger partial charge in [-0.25, -0.2) is 4.39 Å². The molecule has 1 aromatic carbocycles. The molecule has 1 amide bonds. The average Bonchev–Trinajstić information content (AvgIpc) is 3.48. The van der Waals surface area contributed by atoms with Crippen LogP contribution in [0, 0.1) is 19.3 Å². The van der Waals surface area contributed by atoms with E-state index in [1.807, 2.05) is 10.8 Å². The standard InChI is InChI=1S/C25H33N3O.C5H5F/c1-17-15-26-16-21(17)19-5-9-27(10-6-19)8-4-18-12-20-7-11-28-23(29)14-25(2,3)22(13-18)24(20)28;1-3-5(6)4-2/h12-13,15-16,19,26H,4-11,14H2,1-3H3;1,4-5H,2H2. The maximum absolute atomic E-state index is 12.5. The van der Waals surface area contributed by atoms with Crippen molar-refractivity contribution in [2.75, 3.05) is 31.1 Å². The third-order valence-corrected chi connectivity index (χ3v) is 7.85. The van der Waals surface area contributed by atoms with Gasteiger partial charge in [-0.05, 0) is 85.5 Å². The number of benzene rings is 1. The molecule has 1 unspecified atom stereocenters. The van der Waals surface area contributed by atoms with Crippen molar-refractivity contribution in [1.29, 1.82) is 0 Å². The summed E-state index contributed by atoms with van der Waals surface area (Å²) >= 11 is 0. The third kappa shape index (κ3) is 5.38. The molecule has 1 aromatic heterocycles. The zero-order valence-corrected chi connectivity index (χ0v) is 21.4. The van der Waals surface area contributed by atoms with E-state index in [2.05, 4.69) is 68.2 Å². The first-order valence-electron chi connectivity index (χ1n) is 12.8. The molecule has 1 saturated heterocycles. The van der Waals surface area contributed by atoms with E-state index in [9.17, 15) is 9.18 Å². The second-order valence-electron chi connectivity index (χ2n) is 10.8. The van der Waals surface area contributed by atoms with Crippen LogP contribution < -0.4 is 4.90 Å². The lowest BCUT2D eigenvalue weighted by Crippen LogP contribution is -2.40. The van der Waals surface area contributed by atoms with E-state index in [1.165, 1.54) is 59.4 Å². The number of hydrogen-bond donors (Lipinski definition) is 1. The summed E-state index contributed by atoms with van der Waals surface area (Å²) in [5.74, 6) is 2.84. The lowest BCUT2D eigenvalue weighted by Gasteiger charge is -2.37. The molecule has 3 aliphatic heterocycles. The summed E-state index contributed by atoms with van der Waals surface area (Å²) < 4.78 is 11.5. The Morgan fingerprint density at radius 2 is 2.03 bits per heavy atom. The van der Waals surface area contributed by atoms with Gasteiger partial charge in [-0.1, -0.05) is 38.5 Å². The van der Waals surface area contributed by atoms with E-state index in [1.54, 1.807) is 0 Å². The van der Waals surface area contributed by atoms with Crippen molar-refractivity contribution >= 4 is 11.6 Å². The molecule has 0 aliphatic carbocycles. The number of alkyl halides is 1. The first-order chi connectivity index (χ1) is 16.7. The topological polar surface area (TPSA) is 39.3 Å². The van der Waals surface area contributed by atoms with Crippen molar-refractivity contribution < 1.29 is 9.18 Å². The second-order valence-corrected chi connectivity index (χ2v) is 10.8. The van der Waals surface area contributed by atoms with Gasteiger partial charge in [0.15, 0.2) is 6.17 Å². The largest absolute Gasteiger partial charge is 0.367 e. The van der Waals surface area contributed by atoms with Crippen molar-refractivity contribution in [2.45, 2.75) is 70.4 Å². The highest BCUT2D eigenvalue weighted by atomic mass is 19.1. The van der Waals surface area contributed by atoms with Crippen molar-refractivity contribution in [2.24, 2.45) is 0 Å². The molecule has 3 aliphatic rings. The van der Waals surface area contributed by atoms with Crippen molar-refractivity contribution in [1.82, 2.24) is 9.88 Å². The lowest BCUT2D eigenvalue weighted by molar-refractivity contribution is -0.120. The quantitative estimate of drug-likeness (QED) is 0.461. The van der Waals surface area contributed by atoms with E-state index in [4.69, 9.17) is 0 Å². The highest BCUT2D eigenvalue weighted by molar-refractivity contribution is 6.00. The fourth-order valence-electron chi connectivity index (χ4n) is 5.81. The molecule has 1 N–H and O–H groups in total. The molecule has 5 heteroatoms. The number of terminal acetylenes is 1. The van der Waals surface area contributed by atoms with Crippen LogP contribution in [0.5, 0.6) is 0 Å². The van der Waals surface area contributed by atoms with Gasteiger partial charge >= 0.3 is 0 Å². The van der Waals surface area contributed by atoms with E-state index < -0.39 is 6.17 Å². The van der Waals surface area contributed by atoms with Gasteiger partial charge in [-0.3, -0.25) is 4.79 Å². The van der Waals surface area contributed by atoms with Crippen molar-refractivity contribution in [3.05, 3.63) is 65.0 Å². The molecule has 0 bridgehead atoms. The number of allylic oxidation sites excluding steroid dienone is 1. The normalized spacial score (nSPS) is 20.0. The van der Waals surface area contributed by atoms with Crippen LogP contribution in [0.4, 0.5) is 10.1 Å². The number of amides is 1. The van der Waals surface area contributed by atoms with Crippen LogP contribution in [-0.2, 0) is 23.1 Å². The van der Waals surface area contributed by atoms with Gasteiger partial charge in [0.1, 0.15) is 0 Å². The maximum Gasteiger partial charge on any atom is 0.227 e. The first-order valence-corrected chi connectivity index (χ1v) is 12.8. The highest BCUT2D eigenvalue weighted by Crippen LogP contribution is 2.45. The number of halogens is 1. The molecule has 2 aromatic rings. The number of hydrogen-bond acceptors (Lipinski definition) is 2. The Balaban J connectivity index is 0.000000431.